The van der Waals surface area contributed by atoms with Crippen LogP contribution in [0.25, 0.3) is 11.2 Å². The normalized spacial score (nSPS) is 31.1. The highest BCUT2D eigenvalue weighted by atomic mass is 35.5. The fourth-order valence-electron chi connectivity index (χ4n) is 3.17. The lowest BCUT2D eigenvalue weighted by atomic mass is 10.1. The number of rotatable bonds is 3. The molecule has 2 aliphatic rings. The molecule has 1 N–H and O–H groups in total. The minimum atomic E-state index is -4.29. The molecule has 140 valence electrons. The fraction of sp³-hybridized carbons (Fsp3) is 0.500. The van der Waals surface area contributed by atoms with Gasteiger partial charge in [0.05, 0.1) is 11.7 Å². The molecular formula is C14H15ClN4O6S. The first-order chi connectivity index (χ1) is 12.1. The van der Waals surface area contributed by atoms with E-state index < -0.39 is 40.4 Å². The van der Waals surface area contributed by atoms with Crippen molar-refractivity contribution in [3.8, 4) is 0 Å². The zero-order chi connectivity index (χ0) is 18.7. The van der Waals surface area contributed by atoms with Gasteiger partial charge >= 0.3 is 0 Å². The summed E-state index contributed by atoms with van der Waals surface area (Å²) in [6.07, 6.45) is 1.45. The van der Waals surface area contributed by atoms with Crippen LogP contribution >= 0.6 is 11.6 Å². The van der Waals surface area contributed by atoms with Gasteiger partial charge in [-0.15, -0.1) is 0 Å². The summed E-state index contributed by atoms with van der Waals surface area (Å²) >= 11 is 6.03. The molecule has 0 spiro atoms. The molecule has 12 heteroatoms. The summed E-state index contributed by atoms with van der Waals surface area (Å²) < 4.78 is 50.3. The van der Waals surface area contributed by atoms with Crippen LogP contribution in [-0.2, 0) is 24.3 Å². The van der Waals surface area contributed by atoms with Crippen LogP contribution < -0.4 is 0 Å². The Balaban J connectivity index is 1.74. The lowest BCUT2D eigenvalue weighted by molar-refractivity contribution is -0.191. The van der Waals surface area contributed by atoms with Gasteiger partial charge in [0, 0.05) is 0 Å². The van der Waals surface area contributed by atoms with Gasteiger partial charge in [0.2, 0.25) is 0 Å². The number of nitrogens with zero attached hydrogens (tertiary/aromatic N) is 4. The second-order valence-electron chi connectivity index (χ2n) is 6.39. The zero-order valence-corrected chi connectivity index (χ0v) is 15.3. The Morgan fingerprint density at radius 2 is 2.00 bits per heavy atom. The van der Waals surface area contributed by atoms with Crippen LogP contribution in [0.5, 0.6) is 0 Å². The predicted molar refractivity (Wildman–Crippen MR) is 88.8 cm³/mol. The highest BCUT2D eigenvalue weighted by Crippen LogP contribution is 2.44. The van der Waals surface area contributed by atoms with Gasteiger partial charge in [0.1, 0.15) is 30.2 Å². The molecule has 26 heavy (non-hydrogen) atoms. The van der Waals surface area contributed by atoms with Crippen molar-refractivity contribution in [1.29, 1.82) is 0 Å². The molecule has 2 saturated heterocycles. The van der Waals surface area contributed by atoms with Crippen LogP contribution in [-0.4, -0.2) is 56.6 Å². The smallest absolute Gasteiger partial charge is 0.287 e. The van der Waals surface area contributed by atoms with Gasteiger partial charge in [-0.05, 0) is 19.9 Å². The molecule has 0 bridgehead atoms. The highest BCUT2D eigenvalue weighted by Gasteiger charge is 2.55. The first-order valence-electron chi connectivity index (χ1n) is 7.64. The van der Waals surface area contributed by atoms with Crippen molar-refractivity contribution in [2.24, 2.45) is 0 Å². The van der Waals surface area contributed by atoms with Crippen molar-refractivity contribution in [1.82, 2.24) is 19.5 Å². The molecule has 4 heterocycles. The third-order valence-corrected chi connectivity index (χ3v) is 4.87. The summed E-state index contributed by atoms with van der Waals surface area (Å²) in [4.78, 5) is 12.3. The SMILES string of the molecule is CC1(C)O[C@@H]2[C@H](O1)[C@@H](C=CS(=O)(=O)O)O[C@H]2n1cnc2c(Cl)ncnc21. The van der Waals surface area contributed by atoms with Crippen LogP contribution in [0.3, 0.4) is 0 Å². The largest absolute Gasteiger partial charge is 0.345 e. The van der Waals surface area contributed by atoms with E-state index in [1.165, 1.54) is 18.7 Å². The topological polar surface area (TPSA) is 126 Å². The van der Waals surface area contributed by atoms with E-state index in [0.717, 1.165) is 0 Å². The van der Waals surface area contributed by atoms with Gasteiger partial charge < -0.3 is 14.2 Å². The molecule has 0 amide bonds. The molecule has 2 aromatic heterocycles. The van der Waals surface area contributed by atoms with E-state index in [1.54, 1.807) is 18.4 Å². The second kappa shape index (κ2) is 5.94. The van der Waals surface area contributed by atoms with Gasteiger partial charge in [-0.25, -0.2) is 15.0 Å². The van der Waals surface area contributed by atoms with E-state index in [2.05, 4.69) is 15.0 Å². The molecule has 0 aliphatic carbocycles. The van der Waals surface area contributed by atoms with Gasteiger partial charge in [-0.2, -0.15) is 8.42 Å². The lowest BCUT2D eigenvalue weighted by Crippen LogP contribution is -2.28. The minimum Gasteiger partial charge on any atom is -0.345 e. The van der Waals surface area contributed by atoms with Gasteiger partial charge in [0.15, 0.2) is 22.8 Å². The lowest BCUT2D eigenvalue weighted by Gasteiger charge is -2.23. The van der Waals surface area contributed by atoms with Crippen molar-refractivity contribution in [2.75, 3.05) is 0 Å². The average molecular weight is 403 g/mol. The van der Waals surface area contributed by atoms with E-state index in [9.17, 15) is 8.42 Å². The molecule has 0 unspecified atom stereocenters. The van der Waals surface area contributed by atoms with Gasteiger partial charge in [-0.1, -0.05) is 11.6 Å². The Kier molecular flexibility index (Phi) is 4.06. The maximum absolute atomic E-state index is 11.0. The Morgan fingerprint density at radius 3 is 2.73 bits per heavy atom. The third-order valence-electron chi connectivity index (χ3n) is 4.09. The maximum Gasteiger partial charge on any atom is 0.287 e. The molecule has 0 radical (unpaired) electrons. The van der Waals surface area contributed by atoms with Crippen molar-refractivity contribution in [2.45, 2.75) is 44.2 Å². The van der Waals surface area contributed by atoms with Crippen LogP contribution in [0.4, 0.5) is 0 Å². The average Bonchev–Trinajstić information content (AvgIpc) is 3.16. The number of ether oxygens (including phenoxy) is 3. The summed E-state index contributed by atoms with van der Waals surface area (Å²) in [6.45, 7) is 3.49. The monoisotopic (exact) mass is 402 g/mol. The summed E-state index contributed by atoms with van der Waals surface area (Å²) in [5, 5.41) is 0.867. The number of hydrogen-bond donors (Lipinski definition) is 1. The quantitative estimate of drug-likeness (QED) is 0.597. The number of imidazole rings is 1. The molecule has 2 fully saturated rings. The minimum absolute atomic E-state index is 0.204. The van der Waals surface area contributed by atoms with Crippen molar-refractivity contribution >= 4 is 32.9 Å². The van der Waals surface area contributed by atoms with Crippen LogP contribution in [0.15, 0.2) is 24.1 Å². The first-order valence-corrected chi connectivity index (χ1v) is 9.52. The summed E-state index contributed by atoms with van der Waals surface area (Å²) in [6, 6.07) is 0. The predicted octanol–water partition coefficient (Wildman–Crippen LogP) is 1.30. The zero-order valence-electron chi connectivity index (χ0n) is 13.7. The van der Waals surface area contributed by atoms with E-state index in [0.29, 0.717) is 16.6 Å². The van der Waals surface area contributed by atoms with Crippen LogP contribution in [0.1, 0.15) is 20.1 Å². The fourth-order valence-corrected chi connectivity index (χ4v) is 3.70. The number of halogens is 1. The Hall–Kier alpha value is -1.63. The number of aromatic nitrogens is 4. The summed E-state index contributed by atoms with van der Waals surface area (Å²) in [7, 11) is -4.29. The molecule has 10 nitrogen and oxygen atoms in total. The molecular weight excluding hydrogens is 388 g/mol. The van der Waals surface area contributed by atoms with E-state index in [-0.39, 0.29) is 5.15 Å². The standard InChI is InChI=1S/C14H15ClN4O6S/c1-14(2)24-9-7(3-4-26(20,21)22)23-13(10(9)25-14)19-6-18-8-11(15)16-5-17-12(8)19/h3-7,9-10,13H,1-2H3,(H,20,21,22)/t7-,9-,10-,13-/m1/s1. The molecule has 0 aromatic carbocycles. The summed E-state index contributed by atoms with van der Waals surface area (Å²) in [5.41, 5.74) is 0.853. The van der Waals surface area contributed by atoms with Crippen LogP contribution in [0.2, 0.25) is 5.15 Å². The van der Waals surface area contributed by atoms with E-state index >= 15 is 0 Å². The Bertz CT molecular complexity index is 990. The molecule has 2 aromatic rings. The molecule has 2 aliphatic heterocycles. The highest BCUT2D eigenvalue weighted by molar-refractivity contribution is 7.88. The Labute approximate surface area is 153 Å². The molecule has 4 rings (SSSR count). The summed E-state index contributed by atoms with van der Waals surface area (Å²) in [5.74, 6) is -0.884. The number of fused-ring (bicyclic) bond motifs is 2. The van der Waals surface area contributed by atoms with Gasteiger partial charge in [0.25, 0.3) is 10.1 Å². The second-order valence-corrected chi connectivity index (χ2v) is 8.05. The van der Waals surface area contributed by atoms with Crippen LogP contribution in [0, 0.1) is 0 Å². The Morgan fingerprint density at radius 1 is 1.27 bits per heavy atom. The molecule has 0 saturated carbocycles. The van der Waals surface area contributed by atoms with Crippen molar-refractivity contribution < 1.29 is 27.2 Å². The maximum atomic E-state index is 11.0. The van der Waals surface area contributed by atoms with E-state index in [1.807, 2.05) is 0 Å². The van der Waals surface area contributed by atoms with E-state index in [4.69, 9.17) is 30.4 Å². The van der Waals surface area contributed by atoms with Gasteiger partial charge in [-0.3, -0.25) is 9.12 Å². The third kappa shape index (κ3) is 3.10. The van der Waals surface area contributed by atoms with Crippen molar-refractivity contribution in [3.05, 3.63) is 29.3 Å². The van der Waals surface area contributed by atoms with Crippen molar-refractivity contribution in [3.63, 3.8) is 0 Å². The number of hydrogen-bond acceptors (Lipinski definition) is 8. The molecule has 4 atom stereocenters. The first kappa shape index (κ1) is 17.8.